The summed E-state index contributed by atoms with van der Waals surface area (Å²) in [4.78, 5) is 11.5. The number of hydrazone groups is 1. The topological polar surface area (TPSA) is 67.6 Å². The van der Waals surface area contributed by atoms with E-state index in [2.05, 4.69) is 31.0 Å². The Morgan fingerprint density at radius 1 is 1.11 bits per heavy atom. The molecule has 2 aromatic heterocycles. The van der Waals surface area contributed by atoms with Crippen LogP contribution in [0.4, 0.5) is 5.95 Å². The van der Waals surface area contributed by atoms with Gasteiger partial charge >= 0.3 is 0 Å². The highest BCUT2D eigenvalue weighted by Crippen LogP contribution is 2.20. The number of imidazole rings is 1. The summed E-state index contributed by atoms with van der Waals surface area (Å²) in [5.74, 6) is 0.750. The van der Waals surface area contributed by atoms with Crippen molar-refractivity contribution < 1.29 is 4.74 Å². The number of aromatic nitrogens is 3. The molecule has 27 heavy (non-hydrogen) atoms. The van der Waals surface area contributed by atoms with E-state index in [9.17, 15) is 0 Å². The van der Waals surface area contributed by atoms with E-state index in [0.717, 1.165) is 67.8 Å². The zero-order valence-corrected chi connectivity index (χ0v) is 15.5. The van der Waals surface area contributed by atoms with Gasteiger partial charge in [-0.1, -0.05) is 18.2 Å². The van der Waals surface area contributed by atoms with Crippen LogP contribution in [0.1, 0.15) is 12.6 Å². The minimum atomic E-state index is 0.750. The number of nitrogens with zero attached hydrogens (tertiary/aromatic N) is 5. The average molecular weight is 364 g/mol. The lowest BCUT2D eigenvalue weighted by molar-refractivity contribution is 0.0366. The lowest BCUT2D eigenvalue weighted by atomic mass is 10.3. The first kappa shape index (κ1) is 17.6. The maximum Gasteiger partial charge on any atom is 0.224 e. The Labute approximate surface area is 158 Å². The molecule has 140 valence electrons. The summed E-state index contributed by atoms with van der Waals surface area (Å²) < 4.78 is 7.64. The van der Waals surface area contributed by atoms with Gasteiger partial charge in [-0.2, -0.15) is 5.10 Å². The van der Waals surface area contributed by atoms with E-state index in [1.165, 1.54) is 0 Å². The molecule has 0 atom stereocenters. The summed E-state index contributed by atoms with van der Waals surface area (Å²) in [6.45, 7) is 7.32. The minimum Gasteiger partial charge on any atom is -0.379 e. The van der Waals surface area contributed by atoms with Crippen LogP contribution in [0.5, 0.6) is 0 Å². The predicted octanol–water partition coefficient (Wildman–Crippen LogP) is 2.60. The lowest BCUT2D eigenvalue weighted by Crippen LogP contribution is -2.38. The second-order valence-corrected chi connectivity index (χ2v) is 6.55. The molecule has 3 heterocycles. The zero-order chi connectivity index (χ0) is 18.5. The van der Waals surface area contributed by atoms with Crippen molar-refractivity contribution in [1.82, 2.24) is 19.4 Å². The molecule has 3 aromatic rings. The Morgan fingerprint density at radius 3 is 2.74 bits per heavy atom. The smallest absolute Gasteiger partial charge is 0.224 e. The number of fused-ring (bicyclic) bond motifs is 1. The van der Waals surface area contributed by atoms with Gasteiger partial charge in [0.1, 0.15) is 0 Å². The van der Waals surface area contributed by atoms with E-state index in [1.54, 1.807) is 6.20 Å². The lowest BCUT2D eigenvalue weighted by Gasteiger charge is -2.26. The summed E-state index contributed by atoms with van der Waals surface area (Å²) >= 11 is 0. The van der Waals surface area contributed by atoms with Gasteiger partial charge in [-0.3, -0.25) is 9.88 Å². The number of anilines is 1. The van der Waals surface area contributed by atoms with Gasteiger partial charge in [-0.25, -0.2) is 10.4 Å². The zero-order valence-electron chi connectivity index (χ0n) is 15.5. The quantitative estimate of drug-likeness (QED) is 0.538. The van der Waals surface area contributed by atoms with Crippen LogP contribution in [-0.4, -0.2) is 58.0 Å². The summed E-state index contributed by atoms with van der Waals surface area (Å²) in [6.07, 6.45) is 1.77. The largest absolute Gasteiger partial charge is 0.379 e. The molecular weight excluding hydrogens is 340 g/mol. The van der Waals surface area contributed by atoms with Crippen LogP contribution in [-0.2, 0) is 11.3 Å². The van der Waals surface area contributed by atoms with Crippen LogP contribution in [0.25, 0.3) is 11.0 Å². The molecule has 0 spiro atoms. The Kier molecular flexibility index (Phi) is 5.41. The van der Waals surface area contributed by atoms with E-state index in [0.29, 0.717) is 0 Å². The number of hydrogen-bond acceptors (Lipinski definition) is 6. The number of benzene rings is 1. The number of rotatable bonds is 6. The number of nitrogens with one attached hydrogen (secondary N) is 1. The number of para-hydroxylation sites is 2. The molecule has 7 nitrogen and oxygen atoms in total. The van der Waals surface area contributed by atoms with E-state index in [1.807, 2.05) is 43.3 Å². The molecular formula is C20H24N6O. The van der Waals surface area contributed by atoms with Crippen LogP contribution in [0.2, 0.25) is 0 Å². The van der Waals surface area contributed by atoms with Gasteiger partial charge < -0.3 is 9.30 Å². The maximum absolute atomic E-state index is 5.44. The number of morpholine rings is 1. The van der Waals surface area contributed by atoms with Crippen molar-refractivity contribution in [3.05, 3.63) is 54.4 Å². The number of ether oxygens (including phenoxy) is 1. The molecule has 1 fully saturated rings. The maximum atomic E-state index is 5.44. The molecule has 1 N–H and O–H groups in total. The molecule has 0 aliphatic carbocycles. The van der Waals surface area contributed by atoms with Crippen LogP contribution in [0, 0.1) is 0 Å². The molecule has 7 heteroatoms. The normalized spacial score (nSPS) is 16.0. The Morgan fingerprint density at radius 2 is 1.93 bits per heavy atom. The average Bonchev–Trinajstić information content (AvgIpc) is 3.09. The fourth-order valence-corrected chi connectivity index (χ4v) is 3.22. The summed E-state index contributed by atoms with van der Waals surface area (Å²) in [6, 6.07) is 14.0. The van der Waals surface area contributed by atoms with E-state index in [4.69, 9.17) is 9.72 Å². The van der Waals surface area contributed by atoms with Gasteiger partial charge in [0.25, 0.3) is 0 Å². The molecule has 0 unspecified atom stereocenters. The second-order valence-electron chi connectivity index (χ2n) is 6.55. The van der Waals surface area contributed by atoms with E-state index < -0.39 is 0 Å². The molecule has 1 aromatic carbocycles. The molecule has 0 bridgehead atoms. The van der Waals surface area contributed by atoms with Crippen LogP contribution in [0.3, 0.4) is 0 Å². The molecule has 4 rings (SSSR count). The fourth-order valence-electron chi connectivity index (χ4n) is 3.22. The van der Waals surface area contributed by atoms with Gasteiger partial charge in [0, 0.05) is 32.4 Å². The third-order valence-electron chi connectivity index (χ3n) is 4.76. The van der Waals surface area contributed by atoms with Crippen molar-refractivity contribution in [3.8, 4) is 0 Å². The highest BCUT2D eigenvalue weighted by Gasteiger charge is 2.14. The predicted molar refractivity (Wildman–Crippen MR) is 107 cm³/mol. The van der Waals surface area contributed by atoms with Crippen LogP contribution < -0.4 is 5.43 Å². The first-order chi connectivity index (χ1) is 13.3. The SMILES string of the molecule is C/C(=N\Nc1nc2ccccc2n1CCN1CCOCC1)c1ccccn1. The van der Waals surface area contributed by atoms with Crippen molar-refractivity contribution >= 4 is 22.7 Å². The van der Waals surface area contributed by atoms with E-state index >= 15 is 0 Å². The standard InChI is InChI=1S/C20H24N6O/c1-16(17-6-4-5-9-21-17)23-24-20-22-18-7-2-3-8-19(18)26(20)11-10-25-12-14-27-15-13-25/h2-9H,10-15H2,1H3,(H,22,24)/b23-16+. The van der Waals surface area contributed by atoms with Crippen molar-refractivity contribution in [1.29, 1.82) is 0 Å². The van der Waals surface area contributed by atoms with Crippen molar-refractivity contribution in [3.63, 3.8) is 0 Å². The molecule has 1 aliphatic heterocycles. The Hall–Kier alpha value is -2.77. The summed E-state index contributed by atoms with van der Waals surface area (Å²) in [5.41, 5.74) is 6.89. The van der Waals surface area contributed by atoms with E-state index in [-0.39, 0.29) is 0 Å². The monoisotopic (exact) mass is 364 g/mol. The fraction of sp³-hybridized carbons (Fsp3) is 0.350. The highest BCUT2D eigenvalue weighted by atomic mass is 16.5. The molecule has 0 saturated carbocycles. The van der Waals surface area contributed by atoms with Crippen LogP contribution in [0.15, 0.2) is 53.8 Å². The van der Waals surface area contributed by atoms with Crippen LogP contribution >= 0.6 is 0 Å². The third-order valence-corrected chi connectivity index (χ3v) is 4.76. The van der Waals surface area contributed by atoms with Gasteiger partial charge in [0.05, 0.1) is 35.7 Å². The third kappa shape index (κ3) is 4.15. The Bertz CT molecular complexity index is 915. The molecule has 1 saturated heterocycles. The number of pyridine rings is 1. The second kappa shape index (κ2) is 8.28. The minimum absolute atomic E-state index is 0.750. The van der Waals surface area contributed by atoms with Gasteiger partial charge in [0.15, 0.2) is 0 Å². The van der Waals surface area contributed by atoms with Gasteiger partial charge in [0.2, 0.25) is 5.95 Å². The number of hydrogen-bond donors (Lipinski definition) is 1. The first-order valence-electron chi connectivity index (χ1n) is 9.28. The molecule has 1 aliphatic rings. The van der Waals surface area contributed by atoms with Gasteiger partial charge in [-0.15, -0.1) is 0 Å². The van der Waals surface area contributed by atoms with Crippen molar-refractivity contribution in [2.75, 3.05) is 38.3 Å². The summed E-state index contributed by atoms with van der Waals surface area (Å²) in [7, 11) is 0. The first-order valence-corrected chi connectivity index (χ1v) is 9.28. The van der Waals surface area contributed by atoms with Crippen molar-refractivity contribution in [2.45, 2.75) is 13.5 Å². The molecule has 0 radical (unpaired) electrons. The highest BCUT2D eigenvalue weighted by molar-refractivity contribution is 5.97. The van der Waals surface area contributed by atoms with Gasteiger partial charge in [-0.05, 0) is 31.2 Å². The van der Waals surface area contributed by atoms with Crippen molar-refractivity contribution in [2.24, 2.45) is 5.10 Å². The molecule has 0 amide bonds. The Balaban J connectivity index is 1.56. The summed E-state index contributed by atoms with van der Waals surface area (Å²) in [5, 5.41) is 4.50.